The fourth-order valence-electron chi connectivity index (χ4n) is 2.34. The molecular formula is C19H16ClN3O3. The number of amides is 1. The quantitative estimate of drug-likeness (QED) is 0.721. The summed E-state index contributed by atoms with van der Waals surface area (Å²) in [6.45, 7) is 1.61. The van der Waals surface area contributed by atoms with Crippen LogP contribution in [-0.4, -0.2) is 22.5 Å². The summed E-state index contributed by atoms with van der Waals surface area (Å²) in [4.78, 5) is 30.7. The number of ether oxygens (including phenoxy) is 1. The van der Waals surface area contributed by atoms with E-state index in [0.717, 1.165) is 0 Å². The van der Waals surface area contributed by atoms with Gasteiger partial charge in [0, 0.05) is 28.0 Å². The van der Waals surface area contributed by atoms with Gasteiger partial charge in [0.2, 0.25) is 0 Å². The smallest absolute Gasteiger partial charge is 0.262 e. The molecule has 26 heavy (non-hydrogen) atoms. The Kier molecular flexibility index (Phi) is 5.34. The number of benzene rings is 2. The first-order valence-corrected chi connectivity index (χ1v) is 8.24. The lowest BCUT2D eigenvalue weighted by atomic mass is 10.2. The molecular weight excluding hydrogens is 354 g/mol. The second-order valence-corrected chi connectivity index (χ2v) is 6.04. The highest BCUT2D eigenvalue weighted by Gasteiger charge is 2.07. The van der Waals surface area contributed by atoms with Gasteiger partial charge in [-0.15, -0.1) is 0 Å². The summed E-state index contributed by atoms with van der Waals surface area (Å²) < 4.78 is 5.41. The van der Waals surface area contributed by atoms with Crippen LogP contribution in [-0.2, 0) is 4.79 Å². The number of carbonyl (C=O) groups excluding carboxylic acids is 1. The molecule has 0 fully saturated rings. The zero-order chi connectivity index (χ0) is 18.5. The van der Waals surface area contributed by atoms with Crippen LogP contribution >= 0.6 is 11.6 Å². The molecule has 7 heteroatoms. The molecule has 0 atom stereocenters. The Bertz CT molecular complexity index is 984. The van der Waals surface area contributed by atoms with Gasteiger partial charge in [0.25, 0.3) is 11.5 Å². The van der Waals surface area contributed by atoms with Gasteiger partial charge < -0.3 is 15.0 Å². The number of H-pyrrole nitrogens is 1. The summed E-state index contributed by atoms with van der Waals surface area (Å²) in [7, 11) is 0. The molecule has 6 nitrogen and oxygen atoms in total. The summed E-state index contributed by atoms with van der Waals surface area (Å²) in [5, 5.41) is 3.35. The number of nitrogens with zero attached hydrogens (tertiary/aromatic N) is 1. The first kappa shape index (κ1) is 17.7. The van der Waals surface area contributed by atoms with E-state index in [1.54, 1.807) is 55.5 Å². The number of aromatic amines is 1. The van der Waals surface area contributed by atoms with Gasteiger partial charge in [-0.3, -0.25) is 9.59 Å². The van der Waals surface area contributed by atoms with Crippen molar-refractivity contribution in [3.63, 3.8) is 0 Å². The fourth-order valence-corrected chi connectivity index (χ4v) is 2.46. The Morgan fingerprint density at radius 1 is 1.19 bits per heavy atom. The Morgan fingerprint density at radius 3 is 2.69 bits per heavy atom. The average Bonchev–Trinajstić information content (AvgIpc) is 2.61. The highest BCUT2D eigenvalue weighted by Crippen LogP contribution is 2.19. The number of halogens is 1. The second-order valence-electron chi connectivity index (χ2n) is 5.61. The van der Waals surface area contributed by atoms with Gasteiger partial charge in [0.1, 0.15) is 11.6 Å². The van der Waals surface area contributed by atoms with E-state index in [2.05, 4.69) is 15.3 Å². The van der Waals surface area contributed by atoms with Crippen molar-refractivity contribution in [2.75, 3.05) is 11.9 Å². The minimum Gasteiger partial charge on any atom is -0.484 e. The van der Waals surface area contributed by atoms with Crippen molar-refractivity contribution in [3.05, 3.63) is 75.7 Å². The van der Waals surface area contributed by atoms with Crippen molar-refractivity contribution in [2.45, 2.75) is 6.92 Å². The van der Waals surface area contributed by atoms with Crippen molar-refractivity contribution in [3.8, 4) is 17.1 Å². The molecule has 3 rings (SSSR count). The number of rotatable bonds is 5. The number of aryl methyl sites for hydroxylation is 1. The van der Waals surface area contributed by atoms with Gasteiger partial charge in [0.15, 0.2) is 6.61 Å². The maximum Gasteiger partial charge on any atom is 0.262 e. The third kappa shape index (κ3) is 4.70. The molecule has 0 aliphatic heterocycles. The van der Waals surface area contributed by atoms with E-state index < -0.39 is 0 Å². The first-order valence-electron chi connectivity index (χ1n) is 7.86. The Balaban J connectivity index is 1.67. The van der Waals surface area contributed by atoms with Crippen LogP contribution in [0.15, 0.2) is 59.4 Å². The van der Waals surface area contributed by atoms with Gasteiger partial charge in [0.05, 0.1) is 0 Å². The molecule has 0 saturated carbocycles. The topological polar surface area (TPSA) is 84.1 Å². The maximum atomic E-state index is 12.1. The van der Waals surface area contributed by atoms with E-state index in [9.17, 15) is 9.59 Å². The molecule has 0 saturated heterocycles. The molecule has 3 aromatic rings. The molecule has 0 unspecified atom stereocenters. The third-order valence-corrected chi connectivity index (χ3v) is 3.73. The summed E-state index contributed by atoms with van der Waals surface area (Å²) in [5.41, 5.74) is 1.67. The monoisotopic (exact) mass is 369 g/mol. The molecule has 1 amide bonds. The average molecular weight is 370 g/mol. The van der Waals surface area contributed by atoms with Gasteiger partial charge in [-0.25, -0.2) is 4.98 Å². The summed E-state index contributed by atoms with van der Waals surface area (Å²) in [6, 6.07) is 15.2. The number of carbonyl (C=O) groups is 1. The van der Waals surface area contributed by atoms with Crippen molar-refractivity contribution in [2.24, 2.45) is 0 Å². The molecule has 0 aliphatic carbocycles. The number of aromatic nitrogens is 2. The lowest BCUT2D eigenvalue weighted by Crippen LogP contribution is -2.20. The van der Waals surface area contributed by atoms with Crippen LogP contribution in [0.3, 0.4) is 0 Å². The molecule has 1 heterocycles. The van der Waals surface area contributed by atoms with E-state index in [1.807, 2.05) is 0 Å². The van der Waals surface area contributed by atoms with Gasteiger partial charge in [-0.05, 0) is 43.3 Å². The van der Waals surface area contributed by atoms with E-state index in [4.69, 9.17) is 16.3 Å². The molecule has 0 aliphatic rings. The molecule has 132 valence electrons. The Hall–Kier alpha value is -3.12. The maximum absolute atomic E-state index is 12.1. The SMILES string of the molecule is Cc1cc(=O)[nH]c(-c2cccc(NC(=O)COc3ccc(Cl)cc3)c2)n1. The van der Waals surface area contributed by atoms with Crippen LogP contribution in [0.25, 0.3) is 11.4 Å². The zero-order valence-corrected chi connectivity index (χ0v) is 14.7. The minimum absolute atomic E-state index is 0.134. The van der Waals surface area contributed by atoms with Crippen LogP contribution in [0.5, 0.6) is 5.75 Å². The zero-order valence-electron chi connectivity index (χ0n) is 14.0. The predicted molar refractivity (Wildman–Crippen MR) is 101 cm³/mol. The first-order chi connectivity index (χ1) is 12.5. The number of anilines is 1. The van der Waals surface area contributed by atoms with E-state index >= 15 is 0 Å². The van der Waals surface area contributed by atoms with Gasteiger partial charge >= 0.3 is 0 Å². The van der Waals surface area contributed by atoms with Crippen LogP contribution in [0.4, 0.5) is 5.69 Å². The fraction of sp³-hybridized carbons (Fsp3) is 0.105. The molecule has 0 spiro atoms. The van der Waals surface area contributed by atoms with Crippen molar-refractivity contribution in [1.29, 1.82) is 0 Å². The minimum atomic E-state index is -0.303. The standard InChI is InChI=1S/C19H16ClN3O3/c1-12-9-17(24)23-19(21-12)13-3-2-4-15(10-13)22-18(25)11-26-16-7-5-14(20)6-8-16/h2-10H,11H2,1H3,(H,22,25)(H,21,23,24). The molecule has 0 radical (unpaired) electrons. The highest BCUT2D eigenvalue weighted by atomic mass is 35.5. The van der Waals surface area contributed by atoms with Crippen LogP contribution in [0, 0.1) is 6.92 Å². The van der Waals surface area contributed by atoms with Crippen molar-refractivity contribution < 1.29 is 9.53 Å². The predicted octanol–water partition coefficient (Wildman–Crippen LogP) is 3.42. The lowest BCUT2D eigenvalue weighted by Gasteiger charge is -2.09. The molecule has 2 N–H and O–H groups in total. The second kappa shape index (κ2) is 7.84. The van der Waals surface area contributed by atoms with E-state index in [1.165, 1.54) is 6.07 Å². The van der Waals surface area contributed by atoms with Crippen LogP contribution in [0.1, 0.15) is 5.69 Å². The number of hydrogen-bond donors (Lipinski definition) is 2. The van der Waals surface area contributed by atoms with E-state index in [-0.39, 0.29) is 18.1 Å². The highest BCUT2D eigenvalue weighted by molar-refractivity contribution is 6.30. The molecule has 0 bridgehead atoms. The summed E-state index contributed by atoms with van der Waals surface area (Å²) in [6.07, 6.45) is 0. The summed E-state index contributed by atoms with van der Waals surface area (Å²) in [5.74, 6) is 0.700. The summed E-state index contributed by atoms with van der Waals surface area (Å²) >= 11 is 5.80. The van der Waals surface area contributed by atoms with Crippen LogP contribution < -0.4 is 15.6 Å². The number of hydrogen-bond acceptors (Lipinski definition) is 4. The van der Waals surface area contributed by atoms with Crippen molar-refractivity contribution >= 4 is 23.2 Å². The van der Waals surface area contributed by atoms with Gasteiger partial charge in [-0.1, -0.05) is 23.7 Å². The van der Waals surface area contributed by atoms with E-state index in [0.29, 0.717) is 33.5 Å². The van der Waals surface area contributed by atoms with Gasteiger partial charge in [-0.2, -0.15) is 0 Å². The number of nitrogens with one attached hydrogen (secondary N) is 2. The van der Waals surface area contributed by atoms with Crippen molar-refractivity contribution in [1.82, 2.24) is 9.97 Å². The lowest BCUT2D eigenvalue weighted by molar-refractivity contribution is -0.118. The Morgan fingerprint density at radius 2 is 1.96 bits per heavy atom. The Labute approximate surface area is 154 Å². The normalized spacial score (nSPS) is 10.4. The van der Waals surface area contributed by atoms with Crippen LogP contribution in [0.2, 0.25) is 5.02 Å². The molecule has 1 aromatic heterocycles. The largest absolute Gasteiger partial charge is 0.484 e. The molecule has 2 aromatic carbocycles. The third-order valence-electron chi connectivity index (χ3n) is 3.47.